The largest absolute Gasteiger partial charge is 0.430 e. The van der Waals surface area contributed by atoms with Gasteiger partial charge < -0.3 is 15.4 Å². The van der Waals surface area contributed by atoms with E-state index in [0.717, 1.165) is 25.1 Å². The Labute approximate surface area is 160 Å². The van der Waals surface area contributed by atoms with Crippen molar-refractivity contribution in [3.05, 3.63) is 52.8 Å². The number of nitrogens with zero attached hydrogens (tertiary/aromatic N) is 4. The standard InChI is InChI=1S/C19H25N5OS/c1-5-24(4)9-7-15-10-14(3)17(11-13(15)2)25-19(26)23-18(20)16-6-8-21-22-12-16/h6,8,10-12H,5,7,9H2,1-4H3,(H2,20,23,26). The molecule has 26 heavy (non-hydrogen) atoms. The molecule has 0 aliphatic carbocycles. The summed E-state index contributed by atoms with van der Waals surface area (Å²) in [6, 6.07) is 5.87. The van der Waals surface area contributed by atoms with E-state index in [1.54, 1.807) is 12.3 Å². The summed E-state index contributed by atoms with van der Waals surface area (Å²) in [6.07, 6.45) is 4.07. The SMILES string of the molecule is CCN(C)CCc1cc(C)c(OC(=S)/N=C(\N)c2ccnnc2)cc1C. The third-order valence-electron chi connectivity index (χ3n) is 4.23. The van der Waals surface area contributed by atoms with E-state index in [2.05, 4.69) is 47.1 Å². The number of aromatic nitrogens is 2. The maximum atomic E-state index is 5.93. The highest BCUT2D eigenvalue weighted by atomic mass is 32.1. The summed E-state index contributed by atoms with van der Waals surface area (Å²) in [5.41, 5.74) is 10.1. The molecule has 0 fully saturated rings. The highest BCUT2D eigenvalue weighted by Gasteiger charge is 2.09. The van der Waals surface area contributed by atoms with Gasteiger partial charge in [-0.05, 0) is 74.9 Å². The lowest BCUT2D eigenvalue weighted by atomic mass is 10.0. The van der Waals surface area contributed by atoms with Crippen molar-refractivity contribution in [3.8, 4) is 5.75 Å². The number of thiocarbonyl (C=S) groups is 1. The molecule has 0 spiro atoms. The molecule has 0 bridgehead atoms. The molecule has 1 aromatic carbocycles. The molecule has 2 N–H and O–H groups in total. The van der Waals surface area contributed by atoms with Crippen molar-refractivity contribution in [2.75, 3.05) is 20.1 Å². The monoisotopic (exact) mass is 371 g/mol. The number of aliphatic imine (C=N–C) groups is 1. The van der Waals surface area contributed by atoms with Crippen LogP contribution in [0.3, 0.4) is 0 Å². The van der Waals surface area contributed by atoms with Crippen molar-refractivity contribution >= 4 is 23.2 Å². The molecule has 0 aliphatic heterocycles. The van der Waals surface area contributed by atoms with Gasteiger partial charge in [0, 0.05) is 12.1 Å². The smallest absolute Gasteiger partial charge is 0.290 e. The minimum Gasteiger partial charge on any atom is -0.430 e. The topological polar surface area (TPSA) is 76.6 Å². The Bertz CT molecular complexity index is 792. The number of nitrogens with two attached hydrogens (primary N) is 1. The maximum Gasteiger partial charge on any atom is 0.290 e. The second kappa shape index (κ2) is 9.35. The fourth-order valence-corrected chi connectivity index (χ4v) is 2.61. The molecular weight excluding hydrogens is 346 g/mol. The lowest BCUT2D eigenvalue weighted by Crippen LogP contribution is -2.20. The summed E-state index contributed by atoms with van der Waals surface area (Å²) in [7, 11) is 2.12. The summed E-state index contributed by atoms with van der Waals surface area (Å²) in [5.74, 6) is 0.947. The van der Waals surface area contributed by atoms with Crippen molar-refractivity contribution in [3.63, 3.8) is 0 Å². The molecule has 2 aromatic rings. The van der Waals surface area contributed by atoms with Crippen LogP contribution < -0.4 is 10.5 Å². The van der Waals surface area contributed by atoms with Gasteiger partial charge in [-0.15, -0.1) is 0 Å². The molecule has 0 unspecified atom stereocenters. The molecule has 0 saturated carbocycles. The van der Waals surface area contributed by atoms with E-state index in [9.17, 15) is 0 Å². The van der Waals surface area contributed by atoms with Crippen LogP contribution in [0.5, 0.6) is 5.75 Å². The van der Waals surface area contributed by atoms with Gasteiger partial charge in [0.1, 0.15) is 11.6 Å². The summed E-state index contributed by atoms with van der Waals surface area (Å²) in [6.45, 7) is 8.31. The molecule has 0 radical (unpaired) electrons. The second-order valence-corrected chi connectivity index (χ2v) is 6.54. The number of benzene rings is 1. The number of hydrogen-bond acceptors (Lipinski definition) is 5. The van der Waals surface area contributed by atoms with Crippen LogP contribution in [0.1, 0.15) is 29.2 Å². The van der Waals surface area contributed by atoms with Crippen LogP contribution in [0.2, 0.25) is 0 Å². The quantitative estimate of drug-likeness (QED) is 0.478. The van der Waals surface area contributed by atoms with Crippen LogP contribution in [0.15, 0.2) is 35.6 Å². The summed E-state index contributed by atoms with van der Waals surface area (Å²) in [5, 5.41) is 7.55. The van der Waals surface area contributed by atoms with Gasteiger partial charge in [0.25, 0.3) is 5.17 Å². The normalized spacial score (nSPS) is 11.7. The molecule has 0 amide bonds. The van der Waals surface area contributed by atoms with Crippen LogP contribution in [-0.2, 0) is 6.42 Å². The summed E-state index contributed by atoms with van der Waals surface area (Å²) >= 11 is 5.22. The van der Waals surface area contributed by atoms with E-state index in [0.29, 0.717) is 11.3 Å². The van der Waals surface area contributed by atoms with Gasteiger partial charge in [-0.2, -0.15) is 15.2 Å². The Morgan fingerprint density at radius 1 is 1.27 bits per heavy atom. The van der Waals surface area contributed by atoms with E-state index < -0.39 is 0 Å². The van der Waals surface area contributed by atoms with Gasteiger partial charge in [-0.1, -0.05) is 13.0 Å². The number of aryl methyl sites for hydroxylation is 2. The fraction of sp³-hybridized carbons (Fsp3) is 0.368. The van der Waals surface area contributed by atoms with Crippen molar-refractivity contribution in [1.82, 2.24) is 15.1 Å². The van der Waals surface area contributed by atoms with E-state index >= 15 is 0 Å². The molecule has 7 heteroatoms. The van der Waals surface area contributed by atoms with Crippen molar-refractivity contribution < 1.29 is 4.74 Å². The third-order valence-corrected chi connectivity index (χ3v) is 4.40. The molecule has 2 rings (SSSR count). The van der Waals surface area contributed by atoms with Gasteiger partial charge in [0.2, 0.25) is 0 Å². The van der Waals surface area contributed by atoms with Crippen molar-refractivity contribution in [2.45, 2.75) is 27.2 Å². The minimum atomic E-state index is 0.0697. The average Bonchev–Trinajstić information content (AvgIpc) is 2.63. The Morgan fingerprint density at radius 3 is 2.69 bits per heavy atom. The highest BCUT2D eigenvalue weighted by Crippen LogP contribution is 2.24. The summed E-state index contributed by atoms with van der Waals surface area (Å²) < 4.78 is 5.74. The molecule has 1 aromatic heterocycles. The number of ether oxygens (including phenoxy) is 1. The van der Waals surface area contributed by atoms with E-state index in [1.165, 1.54) is 17.3 Å². The first kappa shape index (κ1) is 19.9. The molecular formula is C19H25N5OS. The average molecular weight is 372 g/mol. The Morgan fingerprint density at radius 2 is 2.04 bits per heavy atom. The third kappa shape index (κ3) is 5.57. The number of rotatable bonds is 6. The van der Waals surface area contributed by atoms with Crippen LogP contribution in [0.4, 0.5) is 0 Å². The van der Waals surface area contributed by atoms with Gasteiger partial charge in [-0.3, -0.25) is 0 Å². The lowest BCUT2D eigenvalue weighted by Gasteiger charge is -2.16. The molecule has 0 aliphatic rings. The Kier molecular flexibility index (Phi) is 7.17. The molecule has 138 valence electrons. The van der Waals surface area contributed by atoms with Crippen LogP contribution in [0, 0.1) is 13.8 Å². The number of likely N-dealkylation sites (N-methyl/N-ethyl adjacent to an activating group) is 1. The second-order valence-electron chi connectivity index (χ2n) is 6.19. The predicted octanol–water partition coefficient (Wildman–Crippen LogP) is 2.66. The zero-order valence-corrected chi connectivity index (χ0v) is 16.5. The number of amidine groups is 1. The van der Waals surface area contributed by atoms with E-state index in [4.69, 9.17) is 22.7 Å². The van der Waals surface area contributed by atoms with Crippen LogP contribution in [-0.4, -0.2) is 46.2 Å². The molecule has 0 atom stereocenters. The minimum absolute atomic E-state index is 0.0697. The predicted molar refractivity (Wildman–Crippen MR) is 109 cm³/mol. The first-order chi connectivity index (χ1) is 12.4. The van der Waals surface area contributed by atoms with Crippen molar-refractivity contribution in [1.29, 1.82) is 0 Å². The molecule has 1 heterocycles. The molecule has 0 saturated heterocycles. The first-order valence-corrected chi connectivity index (χ1v) is 8.93. The Balaban J connectivity index is 2.09. The molecule has 6 nitrogen and oxygen atoms in total. The highest BCUT2D eigenvalue weighted by molar-refractivity contribution is 7.80. The van der Waals surface area contributed by atoms with E-state index in [1.807, 2.05) is 13.0 Å². The zero-order valence-electron chi connectivity index (χ0n) is 15.7. The zero-order chi connectivity index (χ0) is 19.1. The summed E-state index contributed by atoms with van der Waals surface area (Å²) in [4.78, 5) is 6.43. The van der Waals surface area contributed by atoms with Gasteiger partial charge in [0.05, 0.1) is 12.4 Å². The first-order valence-electron chi connectivity index (χ1n) is 8.52. The number of hydrogen-bond donors (Lipinski definition) is 1. The lowest BCUT2D eigenvalue weighted by molar-refractivity contribution is 0.357. The van der Waals surface area contributed by atoms with Crippen molar-refractivity contribution in [2.24, 2.45) is 10.7 Å². The fourth-order valence-electron chi connectivity index (χ4n) is 2.42. The van der Waals surface area contributed by atoms with Crippen LogP contribution >= 0.6 is 12.2 Å². The van der Waals surface area contributed by atoms with Gasteiger partial charge in [-0.25, -0.2) is 0 Å². The van der Waals surface area contributed by atoms with Crippen LogP contribution in [0.25, 0.3) is 0 Å². The Hall–Kier alpha value is -2.38. The maximum absolute atomic E-state index is 5.93. The van der Waals surface area contributed by atoms with E-state index in [-0.39, 0.29) is 11.0 Å². The van der Waals surface area contributed by atoms with Gasteiger partial charge in [0.15, 0.2) is 0 Å². The van der Waals surface area contributed by atoms with Gasteiger partial charge >= 0.3 is 0 Å².